The van der Waals surface area contributed by atoms with Gasteiger partial charge in [0.2, 0.25) is 0 Å². The molecular formula is C22H20O3. The fraction of sp³-hybridized carbons (Fsp3) is 0.136. The lowest BCUT2D eigenvalue weighted by Gasteiger charge is -2.17. The molecular weight excluding hydrogens is 312 g/mol. The fourth-order valence-electron chi connectivity index (χ4n) is 2.49. The largest absolute Gasteiger partial charge is 0.459 e. The number of hydrogen-bond acceptors (Lipinski definition) is 3. The maximum atomic E-state index is 12.6. The number of hydrogen-bond donors (Lipinski definition) is 0. The SMILES string of the molecule is O=C(OCc1ccccc1)[C@H](OCc1ccccc1)c1ccccc1. The summed E-state index contributed by atoms with van der Waals surface area (Å²) in [5.74, 6) is -0.383. The van der Waals surface area contributed by atoms with Gasteiger partial charge in [-0.15, -0.1) is 0 Å². The van der Waals surface area contributed by atoms with Crippen LogP contribution < -0.4 is 0 Å². The fourth-order valence-corrected chi connectivity index (χ4v) is 2.49. The van der Waals surface area contributed by atoms with Gasteiger partial charge in [-0.05, 0) is 16.7 Å². The molecule has 0 radical (unpaired) electrons. The molecule has 3 nitrogen and oxygen atoms in total. The quantitative estimate of drug-likeness (QED) is 0.589. The first-order valence-electron chi connectivity index (χ1n) is 8.24. The summed E-state index contributed by atoms with van der Waals surface area (Å²) in [4.78, 5) is 12.6. The summed E-state index contributed by atoms with van der Waals surface area (Å²) >= 11 is 0. The van der Waals surface area contributed by atoms with Crippen LogP contribution in [0.2, 0.25) is 0 Å². The minimum Gasteiger partial charge on any atom is -0.459 e. The lowest BCUT2D eigenvalue weighted by atomic mass is 10.1. The number of rotatable bonds is 7. The van der Waals surface area contributed by atoms with Crippen LogP contribution in [0.15, 0.2) is 91.0 Å². The van der Waals surface area contributed by atoms with Crippen LogP contribution in [0, 0.1) is 0 Å². The van der Waals surface area contributed by atoms with E-state index in [9.17, 15) is 4.79 Å². The Morgan fingerprint density at radius 2 is 1.16 bits per heavy atom. The van der Waals surface area contributed by atoms with Crippen molar-refractivity contribution in [3.05, 3.63) is 108 Å². The van der Waals surface area contributed by atoms with E-state index in [2.05, 4.69) is 0 Å². The van der Waals surface area contributed by atoms with Crippen molar-refractivity contribution in [3.63, 3.8) is 0 Å². The maximum absolute atomic E-state index is 12.6. The molecule has 3 aromatic rings. The van der Waals surface area contributed by atoms with Crippen molar-refractivity contribution in [1.82, 2.24) is 0 Å². The second-order valence-corrected chi connectivity index (χ2v) is 5.68. The molecule has 126 valence electrons. The van der Waals surface area contributed by atoms with Crippen LogP contribution >= 0.6 is 0 Å². The third-order valence-corrected chi connectivity index (χ3v) is 3.80. The van der Waals surface area contributed by atoms with Gasteiger partial charge in [-0.2, -0.15) is 0 Å². The Labute approximate surface area is 147 Å². The molecule has 0 aliphatic heterocycles. The monoisotopic (exact) mass is 332 g/mol. The molecule has 0 bridgehead atoms. The van der Waals surface area contributed by atoms with Crippen molar-refractivity contribution in [2.45, 2.75) is 19.3 Å². The summed E-state index contributed by atoms with van der Waals surface area (Å²) < 4.78 is 11.4. The summed E-state index contributed by atoms with van der Waals surface area (Å²) in [5, 5.41) is 0. The van der Waals surface area contributed by atoms with Gasteiger partial charge in [-0.3, -0.25) is 0 Å². The molecule has 0 saturated carbocycles. The average molecular weight is 332 g/mol. The summed E-state index contributed by atoms with van der Waals surface area (Å²) in [7, 11) is 0. The zero-order chi connectivity index (χ0) is 17.3. The molecule has 0 aromatic heterocycles. The highest BCUT2D eigenvalue weighted by Crippen LogP contribution is 2.21. The van der Waals surface area contributed by atoms with Crippen molar-refractivity contribution >= 4 is 5.97 Å². The van der Waals surface area contributed by atoms with Crippen LogP contribution in [0.3, 0.4) is 0 Å². The smallest absolute Gasteiger partial charge is 0.340 e. The third-order valence-electron chi connectivity index (χ3n) is 3.80. The molecule has 0 heterocycles. The van der Waals surface area contributed by atoms with Gasteiger partial charge in [-0.25, -0.2) is 4.79 Å². The molecule has 0 N–H and O–H groups in total. The predicted molar refractivity (Wildman–Crippen MR) is 96.7 cm³/mol. The van der Waals surface area contributed by atoms with Gasteiger partial charge in [0.05, 0.1) is 6.61 Å². The molecule has 0 spiro atoms. The molecule has 3 rings (SSSR count). The van der Waals surface area contributed by atoms with E-state index in [4.69, 9.17) is 9.47 Å². The number of benzene rings is 3. The van der Waals surface area contributed by atoms with Crippen LogP contribution in [0.5, 0.6) is 0 Å². The van der Waals surface area contributed by atoms with Crippen molar-refractivity contribution in [3.8, 4) is 0 Å². The lowest BCUT2D eigenvalue weighted by Crippen LogP contribution is -2.19. The Balaban J connectivity index is 1.68. The minimum atomic E-state index is -0.745. The van der Waals surface area contributed by atoms with Crippen molar-refractivity contribution in [2.75, 3.05) is 0 Å². The normalized spacial score (nSPS) is 11.7. The Kier molecular flexibility index (Phi) is 5.96. The molecule has 3 heteroatoms. The zero-order valence-corrected chi connectivity index (χ0v) is 13.9. The van der Waals surface area contributed by atoms with Gasteiger partial charge < -0.3 is 9.47 Å². The van der Waals surface area contributed by atoms with Gasteiger partial charge in [0, 0.05) is 0 Å². The maximum Gasteiger partial charge on any atom is 0.340 e. The third kappa shape index (κ3) is 5.03. The number of carbonyl (C=O) groups is 1. The second kappa shape index (κ2) is 8.81. The van der Waals surface area contributed by atoms with E-state index < -0.39 is 6.10 Å². The van der Waals surface area contributed by atoms with Crippen LogP contribution in [-0.4, -0.2) is 5.97 Å². The summed E-state index contributed by atoms with van der Waals surface area (Å²) in [6.07, 6.45) is -0.745. The molecule has 0 fully saturated rings. The summed E-state index contributed by atoms with van der Waals surface area (Å²) in [6.45, 7) is 0.582. The summed E-state index contributed by atoms with van der Waals surface area (Å²) in [5.41, 5.74) is 2.75. The standard InChI is InChI=1S/C22H20O3/c23-22(25-17-19-12-6-2-7-13-19)21(20-14-8-3-9-15-20)24-16-18-10-4-1-5-11-18/h1-15,21H,16-17H2/t21-/m1/s1. The van der Waals surface area contributed by atoms with E-state index in [1.807, 2.05) is 91.0 Å². The van der Waals surface area contributed by atoms with Gasteiger partial charge >= 0.3 is 5.97 Å². The average Bonchev–Trinajstić information content (AvgIpc) is 2.69. The highest BCUT2D eigenvalue weighted by atomic mass is 16.6. The Hall–Kier alpha value is -2.91. The topological polar surface area (TPSA) is 35.5 Å². The second-order valence-electron chi connectivity index (χ2n) is 5.68. The number of esters is 1. The molecule has 0 unspecified atom stereocenters. The Bertz CT molecular complexity index is 770. The predicted octanol–water partition coefficient (Wildman–Crippen LogP) is 4.69. The number of ether oxygens (including phenoxy) is 2. The minimum absolute atomic E-state index is 0.234. The summed E-state index contributed by atoms with van der Waals surface area (Å²) in [6, 6.07) is 28.8. The first kappa shape index (κ1) is 16.9. The van der Waals surface area contributed by atoms with E-state index in [1.54, 1.807) is 0 Å². The van der Waals surface area contributed by atoms with Gasteiger partial charge in [0.1, 0.15) is 6.61 Å². The van der Waals surface area contributed by atoms with Gasteiger partial charge in [0.25, 0.3) is 0 Å². The van der Waals surface area contributed by atoms with Crippen LogP contribution in [-0.2, 0) is 27.5 Å². The first-order valence-corrected chi connectivity index (χ1v) is 8.24. The number of carbonyl (C=O) groups excluding carboxylic acids is 1. The molecule has 0 aliphatic rings. The van der Waals surface area contributed by atoms with Crippen LogP contribution in [0.1, 0.15) is 22.8 Å². The van der Waals surface area contributed by atoms with Crippen molar-refractivity contribution in [1.29, 1.82) is 0 Å². The van der Waals surface area contributed by atoms with Crippen LogP contribution in [0.4, 0.5) is 0 Å². The van der Waals surface area contributed by atoms with E-state index >= 15 is 0 Å². The van der Waals surface area contributed by atoms with Crippen LogP contribution in [0.25, 0.3) is 0 Å². The first-order chi connectivity index (χ1) is 12.3. The van der Waals surface area contributed by atoms with E-state index in [0.717, 1.165) is 16.7 Å². The Morgan fingerprint density at radius 3 is 1.72 bits per heavy atom. The Morgan fingerprint density at radius 1 is 0.680 bits per heavy atom. The molecule has 0 saturated heterocycles. The van der Waals surface area contributed by atoms with Gasteiger partial charge in [0.15, 0.2) is 6.10 Å². The molecule has 3 aromatic carbocycles. The molecule has 1 atom stereocenters. The van der Waals surface area contributed by atoms with E-state index in [-0.39, 0.29) is 12.6 Å². The van der Waals surface area contributed by atoms with E-state index in [0.29, 0.717) is 6.61 Å². The van der Waals surface area contributed by atoms with Gasteiger partial charge in [-0.1, -0.05) is 91.0 Å². The molecule has 25 heavy (non-hydrogen) atoms. The van der Waals surface area contributed by atoms with Crippen molar-refractivity contribution in [2.24, 2.45) is 0 Å². The van der Waals surface area contributed by atoms with Crippen molar-refractivity contribution < 1.29 is 14.3 Å². The van der Waals surface area contributed by atoms with E-state index in [1.165, 1.54) is 0 Å². The zero-order valence-electron chi connectivity index (χ0n) is 13.9. The lowest BCUT2D eigenvalue weighted by molar-refractivity contribution is -0.160. The molecule has 0 amide bonds. The highest BCUT2D eigenvalue weighted by Gasteiger charge is 2.23. The molecule has 0 aliphatic carbocycles. The highest BCUT2D eigenvalue weighted by molar-refractivity contribution is 5.76.